The summed E-state index contributed by atoms with van der Waals surface area (Å²) >= 11 is 6.04. The quantitative estimate of drug-likeness (QED) is 0.550. The summed E-state index contributed by atoms with van der Waals surface area (Å²) < 4.78 is 51.1. The predicted octanol–water partition coefficient (Wildman–Crippen LogP) is 3.61. The summed E-state index contributed by atoms with van der Waals surface area (Å²) in [6.07, 6.45) is 1.93. The van der Waals surface area contributed by atoms with E-state index in [-0.39, 0.29) is 33.6 Å². The first-order chi connectivity index (χ1) is 11.6. The van der Waals surface area contributed by atoms with E-state index < -0.39 is 20.0 Å². The van der Waals surface area contributed by atoms with Gasteiger partial charge in [-0.25, -0.2) is 16.8 Å². The molecule has 0 saturated carbocycles. The Morgan fingerprint density at radius 3 is 1.84 bits per heavy atom. The Balaban J connectivity index is 3.47. The van der Waals surface area contributed by atoms with E-state index >= 15 is 0 Å². The predicted molar refractivity (Wildman–Crippen MR) is 101 cm³/mol. The lowest BCUT2D eigenvalue weighted by molar-refractivity contribution is 0.101. The van der Waals surface area contributed by atoms with Gasteiger partial charge in [-0.15, -0.1) is 0 Å². The van der Waals surface area contributed by atoms with Gasteiger partial charge in [0.2, 0.25) is 20.0 Å². The highest BCUT2D eigenvalue weighted by Crippen LogP contribution is 2.29. The Labute approximate surface area is 155 Å². The Bertz CT molecular complexity index is 781. The molecule has 0 fully saturated rings. The minimum Gasteiger partial charge on any atom is -0.294 e. The summed E-state index contributed by atoms with van der Waals surface area (Å²) in [5, 5.41) is 0.0198. The summed E-state index contributed by atoms with van der Waals surface area (Å²) in [5.41, 5.74) is 0.143. The Morgan fingerprint density at radius 1 is 1.00 bits per heavy atom. The summed E-state index contributed by atoms with van der Waals surface area (Å²) in [6.45, 7) is 4.97. The fraction of sp³-hybridized carbons (Fsp3) is 0.562. The molecule has 9 heteroatoms. The van der Waals surface area contributed by atoms with Crippen LogP contribution in [0.1, 0.15) is 56.8 Å². The second-order valence-corrected chi connectivity index (χ2v) is 10.3. The zero-order chi connectivity index (χ0) is 19.3. The normalized spacial score (nSPS) is 12.2. The third-order valence-electron chi connectivity index (χ3n) is 3.56. The van der Waals surface area contributed by atoms with Crippen molar-refractivity contribution in [2.75, 3.05) is 15.2 Å². The standard InChI is InChI=1S/C16H24ClNO5S2/c1-4-6-10-24(20,21)18(25(22,23)11-7-5-2)14-8-9-15(13(3)19)16(17)12-14/h8-9,12H,4-7,10-11H2,1-3H3. The van der Waals surface area contributed by atoms with Crippen LogP contribution in [0.4, 0.5) is 5.69 Å². The van der Waals surface area contributed by atoms with Crippen molar-refractivity contribution in [2.24, 2.45) is 0 Å². The van der Waals surface area contributed by atoms with Crippen molar-refractivity contribution in [3.8, 4) is 0 Å². The van der Waals surface area contributed by atoms with Crippen LogP contribution in [0.5, 0.6) is 0 Å². The number of benzene rings is 1. The molecule has 0 heterocycles. The smallest absolute Gasteiger partial charge is 0.248 e. The van der Waals surface area contributed by atoms with Gasteiger partial charge in [0.1, 0.15) is 0 Å². The van der Waals surface area contributed by atoms with Crippen molar-refractivity contribution in [3.05, 3.63) is 28.8 Å². The van der Waals surface area contributed by atoms with Crippen LogP contribution in [-0.2, 0) is 20.0 Å². The average Bonchev–Trinajstić information content (AvgIpc) is 2.50. The van der Waals surface area contributed by atoms with Crippen molar-refractivity contribution in [1.29, 1.82) is 0 Å². The maximum atomic E-state index is 12.7. The molecule has 25 heavy (non-hydrogen) atoms. The van der Waals surface area contributed by atoms with E-state index in [0.717, 1.165) is 0 Å². The number of rotatable bonds is 10. The first-order valence-corrected chi connectivity index (χ1v) is 11.7. The molecule has 0 unspecified atom stereocenters. The SMILES string of the molecule is CCCCS(=O)(=O)N(c1ccc(C(C)=O)c(Cl)c1)S(=O)(=O)CCCC. The first-order valence-electron chi connectivity index (χ1n) is 8.13. The van der Waals surface area contributed by atoms with Crippen molar-refractivity contribution in [2.45, 2.75) is 46.5 Å². The van der Waals surface area contributed by atoms with Gasteiger partial charge in [0.25, 0.3) is 0 Å². The zero-order valence-corrected chi connectivity index (χ0v) is 17.0. The van der Waals surface area contributed by atoms with Gasteiger partial charge in [0, 0.05) is 5.56 Å². The molecule has 0 amide bonds. The van der Waals surface area contributed by atoms with Crippen molar-refractivity contribution in [1.82, 2.24) is 0 Å². The highest BCUT2D eigenvalue weighted by Gasteiger charge is 2.33. The number of hydrogen-bond acceptors (Lipinski definition) is 5. The third-order valence-corrected chi connectivity index (χ3v) is 8.28. The Morgan fingerprint density at radius 2 is 1.48 bits per heavy atom. The van der Waals surface area contributed by atoms with E-state index in [1.807, 2.05) is 13.8 Å². The summed E-state index contributed by atoms with van der Waals surface area (Å²) in [4.78, 5) is 11.5. The van der Waals surface area contributed by atoms with E-state index in [4.69, 9.17) is 11.6 Å². The Kier molecular flexibility index (Phi) is 7.89. The van der Waals surface area contributed by atoms with Gasteiger partial charge in [0.05, 0.1) is 22.2 Å². The number of halogens is 1. The number of hydrogen-bond donors (Lipinski definition) is 0. The number of Topliss-reactive ketones (excluding diaryl/α,β-unsaturated/α-hetero) is 1. The number of anilines is 1. The number of unbranched alkanes of at least 4 members (excludes halogenated alkanes) is 2. The van der Waals surface area contributed by atoms with Crippen LogP contribution < -0.4 is 3.71 Å². The lowest BCUT2D eigenvalue weighted by Gasteiger charge is -2.24. The monoisotopic (exact) mass is 409 g/mol. The lowest BCUT2D eigenvalue weighted by atomic mass is 10.1. The molecule has 0 aromatic heterocycles. The van der Waals surface area contributed by atoms with Crippen LogP contribution in [0, 0.1) is 0 Å². The molecule has 0 aliphatic heterocycles. The van der Waals surface area contributed by atoms with Gasteiger partial charge in [-0.05, 0) is 38.0 Å². The molecule has 0 aliphatic rings. The lowest BCUT2D eigenvalue weighted by Crippen LogP contribution is -2.40. The molecular formula is C16H24ClNO5S2. The summed E-state index contributed by atoms with van der Waals surface area (Å²) in [6, 6.07) is 3.86. The largest absolute Gasteiger partial charge is 0.294 e. The topological polar surface area (TPSA) is 88.6 Å². The van der Waals surface area contributed by atoms with E-state index in [0.29, 0.717) is 29.4 Å². The van der Waals surface area contributed by atoms with Crippen LogP contribution in [0.3, 0.4) is 0 Å². The van der Waals surface area contributed by atoms with E-state index in [1.165, 1.54) is 25.1 Å². The summed E-state index contributed by atoms with van der Waals surface area (Å²) in [7, 11) is -8.15. The van der Waals surface area contributed by atoms with Gasteiger partial charge < -0.3 is 0 Å². The van der Waals surface area contributed by atoms with E-state index in [9.17, 15) is 21.6 Å². The van der Waals surface area contributed by atoms with Crippen LogP contribution in [0.2, 0.25) is 5.02 Å². The molecule has 0 aliphatic carbocycles. The van der Waals surface area contributed by atoms with Gasteiger partial charge >= 0.3 is 0 Å². The first kappa shape index (κ1) is 21.9. The molecular weight excluding hydrogens is 386 g/mol. The molecule has 1 rings (SSSR count). The second kappa shape index (κ2) is 9.00. The molecule has 0 bridgehead atoms. The van der Waals surface area contributed by atoms with Crippen LogP contribution in [0.25, 0.3) is 0 Å². The van der Waals surface area contributed by atoms with Gasteiger partial charge in [-0.2, -0.15) is 3.71 Å². The molecule has 6 nitrogen and oxygen atoms in total. The molecule has 0 saturated heterocycles. The number of carbonyl (C=O) groups is 1. The third kappa shape index (κ3) is 5.69. The van der Waals surface area contributed by atoms with Crippen LogP contribution in [-0.4, -0.2) is 34.1 Å². The van der Waals surface area contributed by atoms with Gasteiger partial charge in [0.15, 0.2) is 5.78 Å². The molecule has 1 aromatic rings. The van der Waals surface area contributed by atoms with Gasteiger partial charge in [-0.1, -0.05) is 38.3 Å². The van der Waals surface area contributed by atoms with E-state index in [1.54, 1.807) is 0 Å². The van der Waals surface area contributed by atoms with Crippen molar-refractivity contribution < 1.29 is 21.6 Å². The second-order valence-electron chi connectivity index (χ2n) is 5.76. The average molecular weight is 410 g/mol. The van der Waals surface area contributed by atoms with Gasteiger partial charge in [-0.3, -0.25) is 4.79 Å². The fourth-order valence-corrected chi connectivity index (χ4v) is 6.86. The molecule has 1 aromatic carbocycles. The molecule has 0 N–H and O–H groups in total. The zero-order valence-electron chi connectivity index (χ0n) is 14.7. The minimum atomic E-state index is -4.07. The Hall–Kier alpha value is -1.12. The van der Waals surface area contributed by atoms with Crippen LogP contribution >= 0.6 is 11.6 Å². The molecule has 0 radical (unpaired) electrons. The van der Waals surface area contributed by atoms with E-state index in [2.05, 4.69) is 0 Å². The molecule has 0 atom stereocenters. The highest BCUT2D eigenvalue weighted by molar-refractivity contribution is 8.10. The number of sulfonamides is 2. The fourth-order valence-electron chi connectivity index (χ4n) is 2.22. The number of nitrogens with zero attached hydrogens (tertiary/aromatic N) is 1. The minimum absolute atomic E-state index is 0.0198. The van der Waals surface area contributed by atoms with Crippen LogP contribution in [0.15, 0.2) is 18.2 Å². The number of ketones is 1. The maximum absolute atomic E-state index is 12.7. The molecule has 0 spiro atoms. The summed E-state index contributed by atoms with van der Waals surface area (Å²) in [5.74, 6) is -0.840. The van der Waals surface area contributed by atoms with Crippen molar-refractivity contribution in [3.63, 3.8) is 0 Å². The molecule has 142 valence electrons. The van der Waals surface area contributed by atoms with Crippen molar-refractivity contribution >= 4 is 43.1 Å². The highest BCUT2D eigenvalue weighted by atomic mass is 35.5. The maximum Gasteiger partial charge on any atom is 0.248 e. The number of carbonyl (C=O) groups excluding carboxylic acids is 1.